The van der Waals surface area contributed by atoms with Gasteiger partial charge in [0.15, 0.2) is 23.2 Å². The van der Waals surface area contributed by atoms with Crippen molar-refractivity contribution in [3.05, 3.63) is 12.7 Å². The number of unbranched alkanes of at least 4 members (excludes halogenated alkanes) is 3. The highest BCUT2D eigenvalue weighted by Crippen LogP contribution is 2.35. The summed E-state index contributed by atoms with van der Waals surface area (Å²) in [6.07, 6.45) is 4.84. The minimum Gasteiger partial charge on any atom is -0.394 e. The van der Waals surface area contributed by atoms with E-state index >= 15 is 0 Å². The molecular weight excluding hydrogens is 691 g/mol. The fourth-order valence-corrected chi connectivity index (χ4v) is 8.98. The molecule has 4 amide bonds. The average Bonchev–Trinajstić information content (AvgIpc) is 3.87. The summed E-state index contributed by atoms with van der Waals surface area (Å²) in [6.45, 7) is 0.0806. The number of aliphatic hydroxyl groups is 3. The topological polar surface area (TPSA) is 256 Å². The second kappa shape index (κ2) is 17.9. The maximum absolute atomic E-state index is 12.7. The Morgan fingerprint density at radius 1 is 1.12 bits per heavy atom. The highest BCUT2D eigenvalue weighted by molar-refractivity contribution is 8.00. The molecule has 0 spiro atoms. The van der Waals surface area contributed by atoms with E-state index in [1.165, 1.54) is 29.0 Å². The molecule has 0 aliphatic carbocycles. The second-order valence-corrected chi connectivity index (χ2v) is 15.4. The Morgan fingerprint density at radius 2 is 1.92 bits per heavy atom. The lowest BCUT2D eigenvalue weighted by molar-refractivity contribution is -0.121. The van der Waals surface area contributed by atoms with Crippen LogP contribution in [-0.2, 0) is 19.1 Å². The number of amides is 4. The number of aldehydes is 1. The number of thioether (sulfide) groups is 2. The molecule has 3 saturated heterocycles. The summed E-state index contributed by atoms with van der Waals surface area (Å²) in [5.41, 5.74) is 5.09. The summed E-state index contributed by atoms with van der Waals surface area (Å²) >= 11 is 3.25. The number of fused-ring (bicyclic) bond motifs is 2. The highest BCUT2D eigenvalue weighted by atomic mass is 32.2. The van der Waals surface area contributed by atoms with Crippen LogP contribution in [0.3, 0.4) is 0 Å². The van der Waals surface area contributed by atoms with Crippen LogP contribution in [0.15, 0.2) is 12.7 Å². The SMILES string of the molecule is NC(C=O)(CO)CCSC[C@H]1OC(n2cnc3c(NC(=O)CCCCCNC(=O)CCCCC4SC[C@@H]5NC(=O)N[C@H]45)ncnc32)[C@H](O)[C@@H]1O. The van der Waals surface area contributed by atoms with E-state index in [1.54, 1.807) is 0 Å². The van der Waals surface area contributed by atoms with Crippen molar-refractivity contribution in [3.8, 4) is 0 Å². The number of hydrogen-bond donors (Lipinski definition) is 8. The van der Waals surface area contributed by atoms with Crippen molar-refractivity contribution in [1.29, 1.82) is 0 Å². The molecule has 9 N–H and O–H groups in total. The number of rotatable bonds is 20. The number of carbonyl (C=O) groups is 4. The van der Waals surface area contributed by atoms with E-state index in [9.17, 15) is 34.5 Å². The summed E-state index contributed by atoms with van der Waals surface area (Å²) in [4.78, 5) is 60.3. The van der Waals surface area contributed by atoms with Gasteiger partial charge in [-0.05, 0) is 37.9 Å². The zero-order valence-corrected chi connectivity index (χ0v) is 29.4. The van der Waals surface area contributed by atoms with Crippen LogP contribution in [0.5, 0.6) is 0 Å². The van der Waals surface area contributed by atoms with Gasteiger partial charge in [0.05, 0.1) is 36.7 Å². The molecule has 3 aliphatic rings. The molecule has 8 atom stereocenters. The van der Waals surface area contributed by atoms with Crippen molar-refractivity contribution in [2.24, 2.45) is 5.73 Å². The molecule has 0 aromatic carbocycles. The Morgan fingerprint density at radius 3 is 2.72 bits per heavy atom. The number of nitrogens with one attached hydrogen (secondary N) is 4. The summed E-state index contributed by atoms with van der Waals surface area (Å²) in [5.74, 6) is 1.67. The zero-order chi connectivity index (χ0) is 35.7. The van der Waals surface area contributed by atoms with Crippen LogP contribution in [0.4, 0.5) is 10.6 Å². The summed E-state index contributed by atoms with van der Waals surface area (Å²) in [6, 6.07) is 0.316. The van der Waals surface area contributed by atoms with Crippen molar-refractivity contribution in [1.82, 2.24) is 35.5 Å². The number of ether oxygens (including phenoxy) is 1. The van der Waals surface area contributed by atoms with Gasteiger partial charge in [-0.2, -0.15) is 23.5 Å². The van der Waals surface area contributed by atoms with Crippen LogP contribution in [0.1, 0.15) is 64.0 Å². The smallest absolute Gasteiger partial charge is 0.315 e. The third-order valence-electron chi connectivity index (χ3n) is 9.23. The van der Waals surface area contributed by atoms with Crippen LogP contribution in [0.2, 0.25) is 0 Å². The van der Waals surface area contributed by atoms with Crippen molar-refractivity contribution in [2.75, 3.05) is 35.7 Å². The molecular formula is C31H47N9O8S2. The Bertz CT molecular complexity index is 1490. The van der Waals surface area contributed by atoms with Crippen LogP contribution in [0, 0.1) is 0 Å². The van der Waals surface area contributed by atoms with Crippen LogP contribution in [0.25, 0.3) is 11.2 Å². The lowest BCUT2D eigenvalue weighted by atomic mass is 10.0. The average molecular weight is 738 g/mol. The third-order valence-corrected chi connectivity index (χ3v) is 11.8. The summed E-state index contributed by atoms with van der Waals surface area (Å²) in [5, 5.41) is 42.7. The van der Waals surface area contributed by atoms with Gasteiger partial charge in [0.1, 0.15) is 24.8 Å². The molecule has 17 nitrogen and oxygen atoms in total. The predicted molar refractivity (Wildman–Crippen MR) is 187 cm³/mol. The van der Waals surface area contributed by atoms with Gasteiger partial charge in [-0.3, -0.25) is 14.2 Å². The van der Waals surface area contributed by atoms with E-state index in [1.807, 2.05) is 11.8 Å². The molecule has 5 rings (SSSR count). The Hall–Kier alpha value is -3.07. The number of carbonyl (C=O) groups excluding carboxylic acids is 4. The lowest BCUT2D eigenvalue weighted by Gasteiger charge is -2.20. The number of aliphatic hydroxyl groups excluding tert-OH is 3. The molecule has 3 fully saturated rings. The zero-order valence-electron chi connectivity index (χ0n) is 27.7. The van der Waals surface area contributed by atoms with Gasteiger partial charge in [0.2, 0.25) is 11.8 Å². The largest absolute Gasteiger partial charge is 0.394 e. The first kappa shape index (κ1) is 38.2. The molecule has 19 heteroatoms. The Kier molecular flexibility index (Phi) is 13.7. The molecule has 0 radical (unpaired) electrons. The lowest BCUT2D eigenvalue weighted by Crippen LogP contribution is -2.46. The number of anilines is 1. The van der Waals surface area contributed by atoms with Crippen molar-refractivity contribution < 1.29 is 39.2 Å². The van der Waals surface area contributed by atoms with Gasteiger partial charge in [-0.1, -0.05) is 12.8 Å². The van der Waals surface area contributed by atoms with Gasteiger partial charge in [-0.15, -0.1) is 0 Å². The Balaban J connectivity index is 0.975. The fraction of sp³-hybridized carbons (Fsp3) is 0.710. The fourth-order valence-electron chi connectivity index (χ4n) is 6.24. The molecule has 0 bridgehead atoms. The summed E-state index contributed by atoms with van der Waals surface area (Å²) in [7, 11) is 0. The monoisotopic (exact) mass is 737 g/mol. The first-order chi connectivity index (χ1) is 24.1. The summed E-state index contributed by atoms with van der Waals surface area (Å²) < 4.78 is 7.45. The van der Waals surface area contributed by atoms with E-state index in [2.05, 4.69) is 36.2 Å². The number of hydrogen-bond acceptors (Lipinski definition) is 14. The van der Waals surface area contributed by atoms with Gasteiger partial charge in [-0.25, -0.2) is 19.7 Å². The third kappa shape index (κ3) is 9.62. The van der Waals surface area contributed by atoms with Gasteiger partial charge < -0.3 is 51.9 Å². The maximum atomic E-state index is 12.7. The maximum Gasteiger partial charge on any atom is 0.315 e. The van der Waals surface area contributed by atoms with E-state index in [0.717, 1.165) is 37.9 Å². The molecule has 50 heavy (non-hydrogen) atoms. The molecule has 5 heterocycles. The first-order valence-corrected chi connectivity index (χ1v) is 19.2. The minimum absolute atomic E-state index is 0.0233. The minimum atomic E-state index is -1.32. The van der Waals surface area contributed by atoms with E-state index in [0.29, 0.717) is 53.6 Å². The molecule has 2 aromatic rings. The van der Waals surface area contributed by atoms with Crippen molar-refractivity contribution >= 4 is 64.6 Å². The Labute approximate surface area is 298 Å². The molecule has 2 aromatic heterocycles. The van der Waals surface area contributed by atoms with Crippen molar-refractivity contribution in [3.63, 3.8) is 0 Å². The number of urea groups is 1. The van der Waals surface area contributed by atoms with Crippen LogP contribution >= 0.6 is 23.5 Å². The van der Waals surface area contributed by atoms with Crippen molar-refractivity contribution in [2.45, 2.75) is 105 Å². The second-order valence-electron chi connectivity index (χ2n) is 13.0. The number of imidazole rings is 1. The first-order valence-electron chi connectivity index (χ1n) is 17.0. The normalized spacial score (nSPS) is 27.0. The molecule has 3 aliphatic heterocycles. The number of aromatic nitrogens is 4. The molecule has 3 unspecified atom stereocenters. The highest BCUT2D eigenvalue weighted by Gasteiger charge is 2.44. The van der Waals surface area contributed by atoms with Crippen LogP contribution < -0.4 is 27.0 Å². The molecule has 276 valence electrons. The quantitative estimate of drug-likeness (QED) is 0.0498. The van der Waals surface area contributed by atoms with Crippen LogP contribution in [-0.4, -0.2) is 131 Å². The van der Waals surface area contributed by atoms with Gasteiger partial charge in [0.25, 0.3) is 0 Å². The van der Waals surface area contributed by atoms with E-state index < -0.39 is 36.7 Å². The van der Waals surface area contributed by atoms with E-state index in [4.69, 9.17) is 10.5 Å². The predicted octanol–water partition coefficient (Wildman–Crippen LogP) is -0.202. The van der Waals surface area contributed by atoms with E-state index in [-0.39, 0.29) is 48.6 Å². The van der Waals surface area contributed by atoms with Gasteiger partial charge >= 0.3 is 6.03 Å². The number of nitrogens with zero attached hydrogens (tertiary/aromatic N) is 4. The standard InChI is InChI=1S/C31H47N9O8S2/c32-31(14-41,15-42)9-11-49-13-19-25(45)26(46)29(48-19)40-17-36-24-27(34-16-35-28(24)40)38-22(44)8-2-1-5-10-33-21(43)7-4-3-6-20-23-18(12-50-20)37-30(47)39-23/h14,16-20,23,25-26,29,42,45-46H,1-13,15,32H2,(H,33,43)(H2,37,39,47)(H,34,35,38,44)/t18-,19+,20?,23-,25+,26+,29?,31?/m0/s1. The van der Waals surface area contributed by atoms with Gasteiger partial charge in [0, 0.05) is 36.1 Å². The molecule has 0 saturated carbocycles. The number of nitrogens with two attached hydrogens (primary N) is 1.